The highest BCUT2D eigenvalue weighted by Gasteiger charge is 2.08. The van der Waals surface area contributed by atoms with Gasteiger partial charge in [0.1, 0.15) is 5.69 Å². The van der Waals surface area contributed by atoms with Gasteiger partial charge >= 0.3 is 0 Å². The number of aromatic nitrogens is 3. The lowest BCUT2D eigenvalue weighted by Gasteiger charge is -1.99. The number of hydrogen-bond donors (Lipinski definition) is 0. The molecule has 1 aromatic heterocycles. The second-order valence-electron chi connectivity index (χ2n) is 3.19. The smallest absolute Gasteiger partial charge is 0.131 e. The number of aryl methyl sites for hydroxylation is 1. The van der Waals surface area contributed by atoms with Crippen LogP contribution in [0.25, 0.3) is 5.69 Å². The maximum absolute atomic E-state index is 10.7. The van der Waals surface area contributed by atoms with Gasteiger partial charge in [0, 0.05) is 5.02 Å². The molecule has 5 nitrogen and oxygen atoms in total. The summed E-state index contributed by atoms with van der Waals surface area (Å²) in [5.74, 6) is -1.34. The molecule has 0 aliphatic rings. The van der Waals surface area contributed by atoms with Crippen LogP contribution in [-0.2, 0) is 0 Å². The molecule has 2 rings (SSSR count). The molecule has 0 N–H and O–H groups in total. The molecule has 1 aromatic carbocycles. The van der Waals surface area contributed by atoms with Crippen LogP contribution >= 0.6 is 11.6 Å². The lowest BCUT2D eigenvalue weighted by molar-refractivity contribution is -0.255. The molecule has 16 heavy (non-hydrogen) atoms. The molecule has 0 spiro atoms. The normalized spacial score (nSPS) is 10.4. The number of carboxylic acid groups (broad SMARTS) is 1. The number of benzene rings is 1. The number of aromatic carboxylic acids is 1. The van der Waals surface area contributed by atoms with Gasteiger partial charge in [0.25, 0.3) is 0 Å². The van der Waals surface area contributed by atoms with Gasteiger partial charge in [-0.15, -0.1) is 5.10 Å². The zero-order valence-electron chi connectivity index (χ0n) is 8.35. The molecule has 2 aromatic rings. The highest BCUT2D eigenvalue weighted by molar-refractivity contribution is 6.30. The number of hydrogen-bond acceptors (Lipinski definition) is 4. The van der Waals surface area contributed by atoms with Gasteiger partial charge in [-0.25, -0.2) is 0 Å². The van der Waals surface area contributed by atoms with Crippen molar-refractivity contribution in [2.45, 2.75) is 6.92 Å². The molecule has 0 saturated heterocycles. The van der Waals surface area contributed by atoms with Crippen LogP contribution in [0.15, 0.2) is 24.3 Å². The fourth-order valence-electron chi connectivity index (χ4n) is 1.28. The van der Waals surface area contributed by atoms with Crippen LogP contribution < -0.4 is 5.11 Å². The fraction of sp³-hybridized carbons (Fsp3) is 0.100. The maximum Gasteiger partial charge on any atom is 0.131 e. The van der Waals surface area contributed by atoms with Gasteiger partial charge in [0.2, 0.25) is 0 Å². The Morgan fingerprint density at radius 3 is 2.75 bits per heavy atom. The van der Waals surface area contributed by atoms with E-state index in [1.54, 1.807) is 31.2 Å². The van der Waals surface area contributed by atoms with Crippen LogP contribution in [0.1, 0.15) is 16.2 Å². The lowest BCUT2D eigenvalue weighted by atomic mass is 10.3. The third-order valence-electron chi connectivity index (χ3n) is 2.01. The van der Waals surface area contributed by atoms with Crippen LogP contribution in [0.3, 0.4) is 0 Å². The highest BCUT2D eigenvalue weighted by Crippen LogP contribution is 2.14. The van der Waals surface area contributed by atoms with Crippen LogP contribution in [0.5, 0.6) is 0 Å². The molecule has 0 aliphatic carbocycles. The van der Waals surface area contributed by atoms with Crippen molar-refractivity contribution in [1.29, 1.82) is 0 Å². The van der Waals surface area contributed by atoms with E-state index >= 15 is 0 Å². The predicted molar refractivity (Wildman–Crippen MR) is 55.4 cm³/mol. The molecule has 0 fully saturated rings. The Balaban J connectivity index is 2.49. The van der Waals surface area contributed by atoms with Gasteiger partial charge in [-0.3, -0.25) is 0 Å². The molecule has 0 unspecified atom stereocenters. The second kappa shape index (κ2) is 3.94. The fourth-order valence-corrected chi connectivity index (χ4v) is 1.47. The number of nitrogens with zero attached hydrogens (tertiary/aromatic N) is 3. The van der Waals surface area contributed by atoms with Crippen molar-refractivity contribution in [3.63, 3.8) is 0 Å². The Hall–Kier alpha value is -1.88. The van der Waals surface area contributed by atoms with Gasteiger partial charge in [-0.2, -0.15) is 9.90 Å². The molecule has 0 atom stereocenters. The first-order chi connectivity index (χ1) is 7.58. The molecule has 82 valence electrons. The number of carbonyl (C=O) groups excluding carboxylic acids is 1. The number of carbonyl (C=O) groups is 1. The summed E-state index contributed by atoms with van der Waals surface area (Å²) in [6.07, 6.45) is 0. The Morgan fingerprint density at radius 1 is 1.44 bits per heavy atom. The van der Waals surface area contributed by atoms with Crippen LogP contribution in [0.2, 0.25) is 5.02 Å². The third kappa shape index (κ3) is 1.90. The first-order valence-corrected chi connectivity index (χ1v) is 4.87. The Morgan fingerprint density at radius 2 is 2.19 bits per heavy atom. The minimum atomic E-state index is -1.34. The molecule has 6 heteroatoms. The molecule has 0 bridgehead atoms. The lowest BCUT2D eigenvalue weighted by Crippen LogP contribution is -2.23. The molecule has 0 aliphatic heterocycles. The zero-order valence-corrected chi connectivity index (χ0v) is 9.10. The van der Waals surface area contributed by atoms with Crippen LogP contribution in [0.4, 0.5) is 0 Å². The first-order valence-electron chi connectivity index (χ1n) is 4.49. The SMILES string of the molecule is Cc1nn(-c2cccc(Cl)c2)nc1C(=O)[O-]. The summed E-state index contributed by atoms with van der Waals surface area (Å²) in [5.41, 5.74) is 0.739. The molecule has 0 amide bonds. The van der Waals surface area contributed by atoms with E-state index in [0.29, 0.717) is 16.4 Å². The molecular weight excluding hydrogens is 230 g/mol. The molecule has 1 heterocycles. The van der Waals surface area contributed by atoms with E-state index in [1.807, 2.05) is 0 Å². The third-order valence-corrected chi connectivity index (χ3v) is 2.25. The van der Waals surface area contributed by atoms with E-state index in [0.717, 1.165) is 0 Å². The van der Waals surface area contributed by atoms with Crippen LogP contribution in [-0.4, -0.2) is 21.0 Å². The Kier molecular flexibility index (Phi) is 2.62. The van der Waals surface area contributed by atoms with Crippen molar-refractivity contribution >= 4 is 17.6 Å². The van der Waals surface area contributed by atoms with Gasteiger partial charge in [0.05, 0.1) is 17.4 Å². The summed E-state index contributed by atoms with van der Waals surface area (Å²) in [5, 5.41) is 19.0. The Bertz CT molecular complexity index is 551. The van der Waals surface area contributed by atoms with Crippen molar-refractivity contribution in [1.82, 2.24) is 15.0 Å². The molecule has 0 radical (unpaired) electrons. The van der Waals surface area contributed by atoms with Gasteiger partial charge < -0.3 is 9.90 Å². The van der Waals surface area contributed by atoms with Gasteiger partial charge in [-0.1, -0.05) is 17.7 Å². The second-order valence-corrected chi connectivity index (χ2v) is 3.63. The van der Waals surface area contributed by atoms with E-state index in [2.05, 4.69) is 10.2 Å². The Labute approximate surface area is 96.3 Å². The zero-order chi connectivity index (χ0) is 11.7. The summed E-state index contributed by atoms with van der Waals surface area (Å²) in [6, 6.07) is 6.81. The van der Waals surface area contributed by atoms with Crippen molar-refractivity contribution in [3.05, 3.63) is 40.7 Å². The molecular formula is C10H7ClN3O2-. The molecule has 0 saturated carbocycles. The number of rotatable bonds is 2. The quantitative estimate of drug-likeness (QED) is 0.765. The van der Waals surface area contributed by atoms with E-state index in [1.165, 1.54) is 4.80 Å². The average Bonchev–Trinajstić information content (AvgIpc) is 2.60. The van der Waals surface area contributed by atoms with Crippen molar-refractivity contribution < 1.29 is 9.90 Å². The van der Waals surface area contributed by atoms with Crippen LogP contribution in [0, 0.1) is 6.92 Å². The number of carboxylic acids is 1. The topological polar surface area (TPSA) is 70.8 Å². The van der Waals surface area contributed by atoms with E-state index < -0.39 is 5.97 Å². The maximum atomic E-state index is 10.7. The standard InChI is InChI=1S/C10H8ClN3O2/c1-6-9(10(15)16)13-14(12-6)8-4-2-3-7(11)5-8/h2-5H,1H3,(H,15,16)/p-1. The van der Waals surface area contributed by atoms with E-state index in [4.69, 9.17) is 11.6 Å². The van der Waals surface area contributed by atoms with Crippen molar-refractivity contribution in [2.24, 2.45) is 0 Å². The highest BCUT2D eigenvalue weighted by atomic mass is 35.5. The largest absolute Gasteiger partial charge is 0.543 e. The summed E-state index contributed by atoms with van der Waals surface area (Å²) < 4.78 is 0. The number of halogens is 1. The minimum Gasteiger partial charge on any atom is -0.543 e. The average molecular weight is 237 g/mol. The summed E-state index contributed by atoms with van der Waals surface area (Å²) >= 11 is 5.81. The first kappa shape index (κ1) is 10.6. The minimum absolute atomic E-state index is 0.167. The monoisotopic (exact) mass is 236 g/mol. The summed E-state index contributed by atoms with van der Waals surface area (Å²) in [6.45, 7) is 1.55. The van der Waals surface area contributed by atoms with Gasteiger partial charge in [0.15, 0.2) is 0 Å². The summed E-state index contributed by atoms with van der Waals surface area (Å²) in [7, 11) is 0. The predicted octanol–water partition coefficient (Wildman–Crippen LogP) is 0.593. The van der Waals surface area contributed by atoms with Gasteiger partial charge in [-0.05, 0) is 25.1 Å². The van der Waals surface area contributed by atoms with Crippen molar-refractivity contribution in [3.8, 4) is 5.69 Å². The summed E-state index contributed by atoms with van der Waals surface area (Å²) in [4.78, 5) is 11.9. The van der Waals surface area contributed by atoms with Crippen molar-refractivity contribution in [2.75, 3.05) is 0 Å². The van der Waals surface area contributed by atoms with E-state index in [-0.39, 0.29) is 5.69 Å². The van der Waals surface area contributed by atoms with E-state index in [9.17, 15) is 9.90 Å².